The van der Waals surface area contributed by atoms with E-state index in [2.05, 4.69) is 0 Å². The van der Waals surface area contributed by atoms with Crippen molar-refractivity contribution in [2.45, 2.75) is 19.9 Å². The third kappa shape index (κ3) is 3.44. The molecule has 6 heteroatoms. The largest absolute Gasteiger partial charge is 0.508 e. The van der Waals surface area contributed by atoms with Gasteiger partial charge < -0.3 is 10.0 Å². The van der Waals surface area contributed by atoms with E-state index in [1.807, 2.05) is 13.0 Å². The van der Waals surface area contributed by atoms with Gasteiger partial charge in [0.15, 0.2) is 0 Å². The first kappa shape index (κ1) is 17.7. The number of carbonyl (C=O) groups excluding carboxylic acids is 3. The summed E-state index contributed by atoms with van der Waals surface area (Å²) in [4.78, 5) is 39.8. The first-order valence-corrected chi connectivity index (χ1v) is 8.35. The first-order valence-electron chi connectivity index (χ1n) is 8.35. The van der Waals surface area contributed by atoms with E-state index in [-0.39, 0.29) is 36.4 Å². The molecule has 2 aromatic rings. The van der Waals surface area contributed by atoms with Crippen molar-refractivity contribution in [3.8, 4) is 5.75 Å². The number of aryl methyl sites for hydroxylation is 1. The molecule has 1 aliphatic rings. The molecular weight excluding hydrogens is 332 g/mol. The lowest BCUT2D eigenvalue weighted by molar-refractivity contribution is -0.130. The second kappa shape index (κ2) is 7.00. The van der Waals surface area contributed by atoms with Crippen molar-refractivity contribution in [1.82, 2.24) is 9.80 Å². The fraction of sp³-hybridized carbons (Fsp3) is 0.250. The van der Waals surface area contributed by atoms with Gasteiger partial charge >= 0.3 is 0 Å². The maximum Gasteiger partial charge on any atom is 0.261 e. The fourth-order valence-electron chi connectivity index (χ4n) is 3.02. The molecule has 0 saturated carbocycles. The lowest BCUT2D eigenvalue weighted by Crippen LogP contribution is -2.35. The van der Waals surface area contributed by atoms with Gasteiger partial charge in [-0.2, -0.15) is 0 Å². The Kier molecular flexibility index (Phi) is 4.75. The summed E-state index contributed by atoms with van der Waals surface area (Å²) in [6.07, 6.45) is 0.0553. The standard InChI is InChI=1S/C20H20N2O4/c1-13-6-7-16-17(10-13)20(26)22(19(16)25)9-8-18(24)21(2)12-14-4-3-5-15(23)11-14/h3-7,10-11,23H,8-9,12H2,1-2H3. The van der Waals surface area contributed by atoms with Gasteiger partial charge in [0.05, 0.1) is 11.1 Å². The van der Waals surface area contributed by atoms with E-state index in [1.54, 1.807) is 43.4 Å². The highest BCUT2D eigenvalue weighted by atomic mass is 16.3. The van der Waals surface area contributed by atoms with Crippen molar-refractivity contribution >= 4 is 17.7 Å². The average Bonchev–Trinajstić information content (AvgIpc) is 2.83. The molecule has 2 aromatic carbocycles. The SMILES string of the molecule is Cc1ccc2c(c1)C(=O)N(CCC(=O)N(C)Cc1cccc(O)c1)C2=O. The van der Waals surface area contributed by atoms with Crippen LogP contribution in [0.25, 0.3) is 0 Å². The molecule has 1 aliphatic heterocycles. The highest BCUT2D eigenvalue weighted by Crippen LogP contribution is 2.24. The fourth-order valence-corrected chi connectivity index (χ4v) is 3.02. The minimum Gasteiger partial charge on any atom is -0.508 e. The molecule has 0 aliphatic carbocycles. The minimum atomic E-state index is -0.353. The molecule has 1 heterocycles. The molecule has 0 aromatic heterocycles. The van der Waals surface area contributed by atoms with E-state index in [1.165, 1.54) is 4.90 Å². The zero-order valence-corrected chi connectivity index (χ0v) is 14.7. The predicted octanol–water partition coefficient (Wildman–Crippen LogP) is 2.35. The number of benzene rings is 2. The number of nitrogens with zero attached hydrogens (tertiary/aromatic N) is 2. The summed E-state index contributed by atoms with van der Waals surface area (Å²) in [7, 11) is 1.65. The maximum absolute atomic E-state index is 12.4. The Hall–Kier alpha value is -3.15. The summed E-state index contributed by atoms with van der Waals surface area (Å²) >= 11 is 0. The molecule has 0 saturated heterocycles. The molecule has 0 fully saturated rings. The minimum absolute atomic E-state index is 0.0502. The van der Waals surface area contributed by atoms with Crippen LogP contribution in [-0.4, -0.2) is 46.2 Å². The maximum atomic E-state index is 12.4. The Balaban J connectivity index is 1.61. The number of hydrogen-bond donors (Lipinski definition) is 1. The Labute approximate surface area is 151 Å². The molecule has 0 unspecified atom stereocenters. The van der Waals surface area contributed by atoms with E-state index in [0.29, 0.717) is 17.7 Å². The number of rotatable bonds is 5. The van der Waals surface area contributed by atoms with Crippen molar-refractivity contribution in [2.75, 3.05) is 13.6 Å². The summed E-state index contributed by atoms with van der Waals surface area (Å²) in [6.45, 7) is 2.25. The van der Waals surface area contributed by atoms with Gasteiger partial charge in [0, 0.05) is 26.6 Å². The van der Waals surface area contributed by atoms with Crippen molar-refractivity contribution in [2.24, 2.45) is 0 Å². The zero-order chi connectivity index (χ0) is 18.8. The first-order chi connectivity index (χ1) is 12.4. The second-order valence-electron chi connectivity index (χ2n) is 6.48. The van der Waals surface area contributed by atoms with Crippen LogP contribution in [0.1, 0.15) is 38.3 Å². The number of imide groups is 1. The molecular formula is C20H20N2O4. The average molecular weight is 352 g/mol. The van der Waals surface area contributed by atoms with Gasteiger partial charge in [-0.1, -0.05) is 23.8 Å². The highest BCUT2D eigenvalue weighted by molar-refractivity contribution is 6.21. The van der Waals surface area contributed by atoms with E-state index >= 15 is 0 Å². The smallest absolute Gasteiger partial charge is 0.261 e. The van der Waals surface area contributed by atoms with Gasteiger partial charge in [0.25, 0.3) is 11.8 Å². The van der Waals surface area contributed by atoms with Crippen molar-refractivity contribution < 1.29 is 19.5 Å². The van der Waals surface area contributed by atoms with Gasteiger partial charge in [-0.25, -0.2) is 0 Å². The number of hydrogen-bond acceptors (Lipinski definition) is 4. The second-order valence-corrected chi connectivity index (χ2v) is 6.48. The molecule has 134 valence electrons. The number of fused-ring (bicyclic) bond motifs is 1. The molecule has 3 rings (SSSR count). The van der Waals surface area contributed by atoms with E-state index in [0.717, 1.165) is 16.0 Å². The van der Waals surface area contributed by atoms with Crippen LogP contribution in [-0.2, 0) is 11.3 Å². The Morgan fingerprint density at radius 2 is 1.81 bits per heavy atom. The lowest BCUT2D eigenvalue weighted by atomic mass is 10.1. The number of phenolic OH excluding ortho intramolecular Hbond substituents is 1. The van der Waals surface area contributed by atoms with Crippen molar-refractivity contribution in [3.05, 3.63) is 64.7 Å². The summed E-state index contributed by atoms with van der Waals surface area (Å²) in [6, 6.07) is 11.8. The molecule has 26 heavy (non-hydrogen) atoms. The number of amides is 3. The van der Waals surface area contributed by atoms with E-state index in [9.17, 15) is 19.5 Å². The van der Waals surface area contributed by atoms with Crippen LogP contribution in [0.3, 0.4) is 0 Å². The van der Waals surface area contributed by atoms with Crippen LogP contribution in [0.15, 0.2) is 42.5 Å². The van der Waals surface area contributed by atoms with E-state index in [4.69, 9.17) is 0 Å². The molecule has 0 atom stereocenters. The Morgan fingerprint density at radius 1 is 1.08 bits per heavy atom. The summed E-state index contributed by atoms with van der Waals surface area (Å²) in [5, 5.41) is 9.49. The third-order valence-corrected chi connectivity index (χ3v) is 4.43. The molecule has 1 N–H and O–H groups in total. The van der Waals surface area contributed by atoms with Gasteiger partial charge in [-0.15, -0.1) is 0 Å². The van der Waals surface area contributed by atoms with Crippen LogP contribution in [0.5, 0.6) is 5.75 Å². The summed E-state index contributed by atoms with van der Waals surface area (Å²) in [5.74, 6) is -0.740. The van der Waals surface area contributed by atoms with Gasteiger partial charge in [0.1, 0.15) is 5.75 Å². The zero-order valence-electron chi connectivity index (χ0n) is 14.7. The number of aromatic hydroxyl groups is 1. The molecule has 3 amide bonds. The normalized spacial score (nSPS) is 13.1. The predicted molar refractivity (Wildman–Crippen MR) is 95.7 cm³/mol. The molecule has 0 radical (unpaired) electrons. The third-order valence-electron chi connectivity index (χ3n) is 4.43. The lowest BCUT2D eigenvalue weighted by Gasteiger charge is -2.19. The number of phenols is 1. The van der Waals surface area contributed by atoms with Crippen LogP contribution < -0.4 is 0 Å². The van der Waals surface area contributed by atoms with Gasteiger partial charge in [-0.05, 0) is 36.8 Å². The Bertz CT molecular complexity index is 891. The van der Waals surface area contributed by atoms with Crippen molar-refractivity contribution in [1.29, 1.82) is 0 Å². The van der Waals surface area contributed by atoms with Crippen LogP contribution in [0.2, 0.25) is 0 Å². The van der Waals surface area contributed by atoms with Gasteiger partial charge in [0.2, 0.25) is 5.91 Å². The highest BCUT2D eigenvalue weighted by Gasteiger charge is 2.35. The summed E-state index contributed by atoms with van der Waals surface area (Å²) in [5.41, 5.74) is 2.50. The monoisotopic (exact) mass is 352 g/mol. The summed E-state index contributed by atoms with van der Waals surface area (Å²) < 4.78 is 0. The van der Waals surface area contributed by atoms with Crippen molar-refractivity contribution in [3.63, 3.8) is 0 Å². The van der Waals surface area contributed by atoms with Crippen LogP contribution in [0, 0.1) is 6.92 Å². The van der Waals surface area contributed by atoms with Gasteiger partial charge in [-0.3, -0.25) is 19.3 Å². The molecule has 6 nitrogen and oxygen atoms in total. The topological polar surface area (TPSA) is 77.9 Å². The Morgan fingerprint density at radius 3 is 2.54 bits per heavy atom. The molecule has 0 bridgehead atoms. The van der Waals surface area contributed by atoms with Crippen LogP contribution in [0.4, 0.5) is 0 Å². The quantitative estimate of drug-likeness (QED) is 0.838. The van der Waals surface area contributed by atoms with E-state index < -0.39 is 0 Å². The number of carbonyl (C=O) groups is 3. The molecule has 0 spiro atoms. The van der Waals surface area contributed by atoms with Crippen LogP contribution >= 0.6 is 0 Å².